The van der Waals surface area contributed by atoms with Crippen LogP contribution in [0.5, 0.6) is 57.5 Å². The molecule has 6 aromatic carbocycles. The zero-order valence-electron chi connectivity index (χ0n) is 33.7. The summed E-state index contributed by atoms with van der Waals surface area (Å²) in [5.74, 6) is 0.521. The van der Waals surface area contributed by atoms with Gasteiger partial charge in [-0.2, -0.15) is 0 Å². The van der Waals surface area contributed by atoms with Crippen molar-refractivity contribution in [1.29, 1.82) is 0 Å². The highest BCUT2D eigenvalue weighted by molar-refractivity contribution is 6.14. The van der Waals surface area contributed by atoms with Gasteiger partial charge in [0, 0.05) is 92.6 Å². The number of phenols is 6. The molecule has 4 atom stereocenters. The number of methoxy groups -OCH3 is 4. The Morgan fingerprint density at radius 1 is 0.466 bits per heavy atom. The summed E-state index contributed by atoms with van der Waals surface area (Å²) in [6.45, 7) is 7.96. The predicted molar refractivity (Wildman–Crippen MR) is 223 cm³/mol. The standard InChI is InChI=1S/C46H48N2O10/c1-19-9-31-39(21(3)47-19)33(49)17-35(51)41(31)27-15-29(45(53)43-25(27)11-23(55-5)13-37(43)57-7)30-16-28(26-12-24(56-6)14-38(58-8)44(26)46(30)54)42-32-10-20(2)48-22(4)40(32)34(50)18-36(42)52/h11-22,47-54H,9-10H2,1-8H3/t19-,20-,21-,22-/m1/s1. The Labute approximate surface area is 335 Å². The van der Waals surface area contributed by atoms with Crippen LogP contribution in [0, 0.1) is 0 Å². The molecule has 0 amide bonds. The number of hydrogen-bond acceptors (Lipinski definition) is 12. The predicted octanol–water partition coefficient (Wildman–Crippen LogP) is 8.45. The van der Waals surface area contributed by atoms with E-state index in [1.165, 1.54) is 40.6 Å². The van der Waals surface area contributed by atoms with E-state index in [-0.39, 0.29) is 92.1 Å². The van der Waals surface area contributed by atoms with E-state index in [0.29, 0.717) is 68.5 Å². The molecule has 2 aliphatic heterocycles. The largest absolute Gasteiger partial charge is 0.507 e. The molecule has 302 valence electrons. The molecule has 0 spiro atoms. The van der Waals surface area contributed by atoms with Gasteiger partial charge in [-0.3, -0.25) is 0 Å². The van der Waals surface area contributed by atoms with Crippen LogP contribution < -0.4 is 29.6 Å². The molecule has 0 saturated heterocycles. The zero-order chi connectivity index (χ0) is 41.5. The summed E-state index contributed by atoms with van der Waals surface area (Å²) in [6, 6.07) is 12.4. The van der Waals surface area contributed by atoms with Crippen LogP contribution in [-0.2, 0) is 12.8 Å². The molecule has 12 heteroatoms. The minimum absolute atomic E-state index is 0.00419. The summed E-state index contributed by atoms with van der Waals surface area (Å²) in [5, 5.41) is 79.5. The van der Waals surface area contributed by atoms with Crippen LogP contribution in [0.3, 0.4) is 0 Å². The van der Waals surface area contributed by atoms with E-state index in [4.69, 9.17) is 18.9 Å². The average molecular weight is 789 g/mol. The van der Waals surface area contributed by atoms with Crippen molar-refractivity contribution in [3.63, 3.8) is 0 Å². The second-order valence-electron chi connectivity index (χ2n) is 15.5. The highest BCUT2D eigenvalue weighted by atomic mass is 16.5. The highest BCUT2D eigenvalue weighted by Gasteiger charge is 2.34. The van der Waals surface area contributed by atoms with Gasteiger partial charge in [0.05, 0.1) is 39.2 Å². The Morgan fingerprint density at radius 3 is 1.19 bits per heavy atom. The molecule has 2 heterocycles. The summed E-state index contributed by atoms with van der Waals surface area (Å²) in [5.41, 5.74) is 4.94. The summed E-state index contributed by atoms with van der Waals surface area (Å²) >= 11 is 0. The number of aromatic hydroxyl groups is 6. The second kappa shape index (κ2) is 14.3. The molecule has 0 saturated carbocycles. The van der Waals surface area contributed by atoms with E-state index in [1.54, 1.807) is 36.4 Å². The monoisotopic (exact) mass is 788 g/mol. The molecule has 8 rings (SSSR count). The van der Waals surface area contributed by atoms with Gasteiger partial charge in [0.2, 0.25) is 0 Å². The third-order valence-corrected chi connectivity index (χ3v) is 11.9. The van der Waals surface area contributed by atoms with Crippen molar-refractivity contribution in [3.05, 3.63) is 70.8 Å². The normalized spacial score (nSPS) is 18.8. The van der Waals surface area contributed by atoms with Gasteiger partial charge in [-0.05, 0) is 87.1 Å². The maximum Gasteiger partial charge on any atom is 0.135 e. The molecule has 8 N–H and O–H groups in total. The first-order valence-corrected chi connectivity index (χ1v) is 19.2. The van der Waals surface area contributed by atoms with E-state index in [0.717, 1.165) is 11.1 Å². The van der Waals surface area contributed by atoms with E-state index in [9.17, 15) is 30.6 Å². The van der Waals surface area contributed by atoms with Crippen LogP contribution in [0.15, 0.2) is 48.5 Å². The van der Waals surface area contributed by atoms with Crippen LogP contribution in [0.25, 0.3) is 54.9 Å². The van der Waals surface area contributed by atoms with Crippen molar-refractivity contribution in [3.8, 4) is 90.9 Å². The number of benzene rings is 6. The van der Waals surface area contributed by atoms with Crippen molar-refractivity contribution < 1.29 is 49.6 Å². The lowest BCUT2D eigenvalue weighted by Crippen LogP contribution is -2.36. The third kappa shape index (κ3) is 5.89. The second-order valence-corrected chi connectivity index (χ2v) is 15.5. The molecule has 0 aliphatic carbocycles. The lowest BCUT2D eigenvalue weighted by molar-refractivity contribution is 0.396. The molecule has 12 nitrogen and oxygen atoms in total. The van der Waals surface area contributed by atoms with Gasteiger partial charge in [-0.15, -0.1) is 0 Å². The third-order valence-electron chi connectivity index (χ3n) is 11.9. The van der Waals surface area contributed by atoms with E-state index >= 15 is 0 Å². The van der Waals surface area contributed by atoms with Gasteiger partial charge in [0.1, 0.15) is 57.5 Å². The number of nitrogens with one attached hydrogen (secondary N) is 2. The fourth-order valence-electron chi connectivity index (χ4n) is 9.51. The summed E-state index contributed by atoms with van der Waals surface area (Å²) in [6.07, 6.45) is 0.939. The molecule has 0 radical (unpaired) electrons. The Bertz CT molecular complexity index is 2490. The van der Waals surface area contributed by atoms with Gasteiger partial charge < -0.3 is 60.2 Å². The van der Waals surface area contributed by atoms with Crippen LogP contribution in [0.4, 0.5) is 0 Å². The van der Waals surface area contributed by atoms with Crippen molar-refractivity contribution in [2.75, 3.05) is 28.4 Å². The van der Waals surface area contributed by atoms with Gasteiger partial charge in [-0.1, -0.05) is 0 Å². The van der Waals surface area contributed by atoms with Crippen LogP contribution >= 0.6 is 0 Å². The average Bonchev–Trinajstić information content (AvgIpc) is 3.17. The molecule has 2 aliphatic rings. The topological polar surface area (TPSA) is 182 Å². The SMILES string of the molecule is COc1cc(OC)c2c(O)c(-c3cc(-c4c(O)cc(O)c5c4C[C@@H](C)N[C@@H]5C)c4cc(OC)cc(OC)c4c3O)cc(-c3c(O)cc(O)c4c3C[C@@H](C)N[C@@H]4C)c2c1. The highest BCUT2D eigenvalue weighted by Crippen LogP contribution is 2.56. The maximum absolute atomic E-state index is 12.5. The van der Waals surface area contributed by atoms with Gasteiger partial charge in [-0.25, -0.2) is 0 Å². The van der Waals surface area contributed by atoms with Gasteiger partial charge >= 0.3 is 0 Å². The van der Waals surface area contributed by atoms with E-state index in [2.05, 4.69) is 10.6 Å². The van der Waals surface area contributed by atoms with Crippen molar-refractivity contribution >= 4 is 21.5 Å². The van der Waals surface area contributed by atoms with Gasteiger partial charge in [0.25, 0.3) is 0 Å². The lowest BCUT2D eigenvalue weighted by Gasteiger charge is -2.32. The molecular formula is C46H48N2O10. The van der Waals surface area contributed by atoms with Crippen LogP contribution in [0.2, 0.25) is 0 Å². The quantitative estimate of drug-likeness (QED) is 0.0774. The molecular weight excluding hydrogens is 741 g/mol. The first kappa shape index (κ1) is 38.6. The first-order valence-electron chi connectivity index (χ1n) is 19.2. The summed E-state index contributed by atoms with van der Waals surface area (Å²) < 4.78 is 23.1. The number of fused-ring (bicyclic) bond motifs is 4. The molecule has 0 unspecified atom stereocenters. The lowest BCUT2D eigenvalue weighted by atomic mass is 9.80. The Morgan fingerprint density at radius 2 is 0.845 bits per heavy atom. The minimum atomic E-state index is -0.244. The summed E-state index contributed by atoms with van der Waals surface area (Å²) in [7, 11) is 6.00. The Hall–Kier alpha value is -6.24. The number of rotatable bonds is 7. The first-order chi connectivity index (χ1) is 27.7. The van der Waals surface area contributed by atoms with E-state index < -0.39 is 0 Å². The number of phenolic OH excluding ortho intramolecular Hbond substituents is 6. The van der Waals surface area contributed by atoms with Crippen molar-refractivity contribution in [2.24, 2.45) is 0 Å². The molecule has 0 aromatic heterocycles. The fraction of sp³-hybridized carbons (Fsp3) is 0.304. The van der Waals surface area contributed by atoms with Crippen molar-refractivity contribution in [1.82, 2.24) is 10.6 Å². The smallest absolute Gasteiger partial charge is 0.135 e. The fourth-order valence-corrected chi connectivity index (χ4v) is 9.51. The Kier molecular flexibility index (Phi) is 9.52. The van der Waals surface area contributed by atoms with Gasteiger partial charge in [0.15, 0.2) is 0 Å². The molecule has 0 bridgehead atoms. The summed E-state index contributed by atoms with van der Waals surface area (Å²) in [4.78, 5) is 0. The van der Waals surface area contributed by atoms with Crippen molar-refractivity contribution in [2.45, 2.75) is 64.7 Å². The zero-order valence-corrected chi connectivity index (χ0v) is 33.7. The molecule has 6 aromatic rings. The maximum atomic E-state index is 12.5. The molecule has 0 fully saturated rings. The number of ether oxygens (including phenoxy) is 4. The Balaban J connectivity index is 1.56. The number of hydrogen-bond donors (Lipinski definition) is 8. The van der Waals surface area contributed by atoms with Crippen LogP contribution in [-0.4, -0.2) is 71.2 Å². The molecule has 58 heavy (non-hydrogen) atoms. The van der Waals surface area contributed by atoms with Crippen LogP contribution in [0.1, 0.15) is 62.0 Å². The minimum Gasteiger partial charge on any atom is -0.507 e. The van der Waals surface area contributed by atoms with E-state index in [1.807, 2.05) is 27.7 Å².